The van der Waals surface area contributed by atoms with E-state index in [4.69, 9.17) is 5.73 Å². The Balaban J connectivity index is 2.49. The lowest BCUT2D eigenvalue weighted by atomic mass is 10.2. The number of pyridine rings is 2. The predicted molar refractivity (Wildman–Crippen MR) is 59.6 cm³/mol. The van der Waals surface area contributed by atoms with E-state index in [9.17, 15) is 0 Å². The predicted octanol–water partition coefficient (Wildman–Crippen LogP) is 2.49. The van der Waals surface area contributed by atoms with Crippen molar-refractivity contribution in [3.8, 4) is 11.3 Å². The van der Waals surface area contributed by atoms with Crippen LogP contribution in [0.5, 0.6) is 0 Å². The van der Waals surface area contributed by atoms with Crippen LogP contribution in [0.2, 0.25) is 0 Å². The molecule has 2 aromatic heterocycles. The number of hydrogen-bond acceptors (Lipinski definition) is 3. The van der Waals surface area contributed by atoms with Gasteiger partial charge in [-0.25, -0.2) is 4.98 Å². The maximum atomic E-state index is 5.59. The molecule has 0 aliphatic heterocycles. The molecule has 2 rings (SSSR count). The smallest absolute Gasteiger partial charge is 0.124 e. The Kier molecular flexibility index (Phi) is 2.45. The van der Waals surface area contributed by atoms with E-state index < -0.39 is 0 Å². The standard InChI is InChI=1S/C10H8BrN3/c11-8-4-7(5-13-6-8)9-2-1-3-10(12)14-9/h1-6H,(H2,12,14). The second-order valence-electron chi connectivity index (χ2n) is 2.84. The van der Waals surface area contributed by atoms with Crippen LogP contribution in [-0.2, 0) is 0 Å². The molecule has 0 aliphatic carbocycles. The molecule has 0 fully saturated rings. The van der Waals surface area contributed by atoms with Crippen LogP contribution in [0, 0.1) is 0 Å². The van der Waals surface area contributed by atoms with E-state index in [1.54, 1.807) is 18.5 Å². The van der Waals surface area contributed by atoms with Gasteiger partial charge in [0.1, 0.15) is 5.82 Å². The van der Waals surface area contributed by atoms with Crippen molar-refractivity contribution >= 4 is 21.7 Å². The number of aromatic nitrogens is 2. The van der Waals surface area contributed by atoms with Gasteiger partial charge in [-0.1, -0.05) is 6.07 Å². The van der Waals surface area contributed by atoms with Crippen LogP contribution < -0.4 is 5.73 Å². The molecule has 0 radical (unpaired) electrons. The number of hydrogen-bond donors (Lipinski definition) is 1. The van der Waals surface area contributed by atoms with Crippen molar-refractivity contribution < 1.29 is 0 Å². The summed E-state index contributed by atoms with van der Waals surface area (Å²) in [5.41, 5.74) is 7.37. The maximum Gasteiger partial charge on any atom is 0.124 e. The fourth-order valence-electron chi connectivity index (χ4n) is 1.16. The second-order valence-corrected chi connectivity index (χ2v) is 3.76. The van der Waals surface area contributed by atoms with Crippen LogP contribution in [0.25, 0.3) is 11.3 Å². The topological polar surface area (TPSA) is 51.8 Å². The maximum absolute atomic E-state index is 5.59. The summed E-state index contributed by atoms with van der Waals surface area (Å²) >= 11 is 3.36. The van der Waals surface area contributed by atoms with Gasteiger partial charge in [-0.3, -0.25) is 4.98 Å². The first-order chi connectivity index (χ1) is 6.75. The van der Waals surface area contributed by atoms with Crippen molar-refractivity contribution in [1.82, 2.24) is 9.97 Å². The zero-order chi connectivity index (χ0) is 9.97. The number of anilines is 1. The Morgan fingerprint density at radius 3 is 2.79 bits per heavy atom. The zero-order valence-electron chi connectivity index (χ0n) is 7.31. The van der Waals surface area contributed by atoms with Crippen LogP contribution in [0.4, 0.5) is 5.82 Å². The van der Waals surface area contributed by atoms with Crippen molar-refractivity contribution in [2.24, 2.45) is 0 Å². The Morgan fingerprint density at radius 1 is 1.21 bits per heavy atom. The zero-order valence-corrected chi connectivity index (χ0v) is 8.90. The largest absolute Gasteiger partial charge is 0.384 e. The van der Waals surface area contributed by atoms with Crippen molar-refractivity contribution in [1.29, 1.82) is 0 Å². The summed E-state index contributed by atoms with van der Waals surface area (Å²) in [6, 6.07) is 7.49. The summed E-state index contributed by atoms with van der Waals surface area (Å²) < 4.78 is 0.930. The van der Waals surface area contributed by atoms with Gasteiger partial charge in [0.25, 0.3) is 0 Å². The van der Waals surface area contributed by atoms with Gasteiger partial charge in [-0.05, 0) is 34.1 Å². The third-order valence-electron chi connectivity index (χ3n) is 1.77. The lowest BCUT2D eigenvalue weighted by molar-refractivity contribution is 1.27. The van der Waals surface area contributed by atoms with E-state index in [-0.39, 0.29) is 0 Å². The highest BCUT2D eigenvalue weighted by Gasteiger charge is 2.00. The van der Waals surface area contributed by atoms with Crippen LogP contribution in [0.1, 0.15) is 0 Å². The number of nitrogens with two attached hydrogens (primary N) is 1. The monoisotopic (exact) mass is 249 g/mol. The molecule has 0 atom stereocenters. The second kappa shape index (κ2) is 3.75. The van der Waals surface area contributed by atoms with Crippen LogP contribution in [-0.4, -0.2) is 9.97 Å². The van der Waals surface area contributed by atoms with Gasteiger partial charge in [0, 0.05) is 22.4 Å². The van der Waals surface area contributed by atoms with Gasteiger partial charge in [0.15, 0.2) is 0 Å². The van der Waals surface area contributed by atoms with Gasteiger partial charge < -0.3 is 5.73 Å². The van der Waals surface area contributed by atoms with Gasteiger partial charge >= 0.3 is 0 Å². The molecule has 14 heavy (non-hydrogen) atoms. The Morgan fingerprint density at radius 2 is 2.07 bits per heavy atom. The molecule has 0 spiro atoms. The minimum absolute atomic E-state index is 0.516. The molecule has 0 saturated carbocycles. The molecule has 2 heterocycles. The molecule has 0 unspecified atom stereocenters. The normalized spacial score (nSPS) is 10.1. The van der Waals surface area contributed by atoms with Crippen molar-refractivity contribution in [2.45, 2.75) is 0 Å². The van der Waals surface area contributed by atoms with E-state index >= 15 is 0 Å². The SMILES string of the molecule is Nc1cccc(-c2cncc(Br)c2)n1. The van der Waals surface area contributed by atoms with Crippen LogP contribution in [0.15, 0.2) is 41.1 Å². The first-order valence-corrected chi connectivity index (χ1v) is 4.88. The average molecular weight is 250 g/mol. The Hall–Kier alpha value is -1.42. The highest BCUT2D eigenvalue weighted by molar-refractivity contribution is 9.10. The van der Waals surface area contributed by atoms with E-state index in [1.807, 2.05) is 18.2 Å². The molecule has 0 bridgehead atoms. The summed E-state index contributed by atoms with van der Waals surface area (Å²) in [5.74, 6) is 0.516. The Bertz CT molecular complexity index is 413. The molecule has 3 nitrogen and oxygen atoms in total. The fraction of sp³-hybridized carbons (Fsp3) is 0. The first kappa shape index (κ1) is 9.15. The van der Waals surface area contributed by atoms with Gasteiger partial charge in [-0.15, -0.1) is 0 Å². The number of halogens is 1. The van der Waals surface area contributed by atoms with E-state index in [1.165, 1.54) is 0 Å². The summed E-state index contributed by atoms with van der Waals surface area (Å²) in [7, 11) is 0. The fourth-order valence-corrected chi connectivity index (χ4v) is 1.53. The van der Waals surface area contributed by atoms with E-state index in [2.05, 4.69) is 25.9 Å². The lowest BCUT2D eigenvalue weighted by Crippen LogP contribution is -1.91. The summed E-state index contributed by atoms with van der Waals surface area (Å²) in [6.45, 7) is 0. The first-order valence-electron chi connectivity index (χ1n) is 4.09. The van der Waals surface area contributed by atoms with Gasteiger partial charge in [-0.2, -0.15) is 0 Å². The summed E-state index contributed by atoms with van der Waals surface area (Å²) in [4.78, 5) is 8.26. The molecule has 4 heteroatoms. The molecule has 0 aromatic carbocycles. The van der Waals surface area contributed by atoms with Crippen LogP contribution >= 0.6 is 15.9 Å². The molecule has 0 aliphatic rings. The molecular weight excluding hydrogens is 242 g/mol. The van der Waals surface area contributed by atoms with Gasteiger partial charge in [0.2, 0.25) is 0 Å². The summed E-state index contributed by atoms with van der Waals surface area (Å²) in [5, 5.41) is 0. The minimum atomic E-state index is 0.516. The third-order valence-corrected chi connectivity index (χ3v) is 2.20. The van der Waals surface area contributed by atoms with E-state index in [0.717, 1.165) is 15.7 Å². The molecule has 2 aromatic rings. The van der Waals surface area contributed by atoms with Crippen molar-refractivity contribution in [3.63, 3.8) is 0 Å². The number of nitrogen functional groups attached to an aromatic ring is 1. The average Bonchev–Trinajstić information content (AvgIpc) is 2.18. The molecular formula is C10H8BrN3. The Labute approximate surface area is 90.1 Å². The lowest BCUT2D eigenvalue weighted by Gasteiger charge is -2.01. The number of rotatable bonds is 1. The molecule has 2 N–H and O–H groups in total. The highest BCUT2D eigenvalue weighted by Crippen LogP contribution is 2.20. The van der Waals surface area contributed by atoms with Crippen molar-refractivity contribution in [2.75, 3.05) is 5.73 Å². The molecule has 0 amide bonds. The van der Waals surface area contributed by atoms with E-state index in [0.29, 0.717) is 5.82 Å². The highest BCUT2D eigenvalue weighted by atomic mass is 79.9. The number of nitrogens with zero attached hydrogens (tertiary/aromatic N) is 2. The van der Waals surface area contributed by atoms with Gasteiger partial charge in [0.05, 0.1) is 5.69 Å². The van der Waals surface area contributed by atoms with Crippen molar-refractivity contribution in [3.05, 3.63) is 41.1 Å². The third kappa shape index (κ3) is 1.90. The van der Waals surface area contributed by atoms with Crippen LogP contribution in [0.3, 0.4) is 0 Å². The molecule has 0 saturated heterocycles. The summed E-state index contributed by atoms with van der Waals surface area (Å²) in [6.07, 6.45) is 3.49. The quantitative estimate of drug-likeness (QED) is 0.845. The minimum Gasteiger partial charge on any atom is -0.384 e. The molecule has 70 valence electrons.